The molecule has 0 bridgehead atoms. The van der Waals surface area contributed by atoms with Crippen molar-refractivity contribution in [2.45, 2.75) is 25.9 Å². The van der Waals surface area contributed by atoms with Crippen molar-refractivity contribution in [1.29, 1.82) is 0 Å². The molecule has 1 fully saturated rings. The lowest BCUT2D eigenvalue weighted by Gasteiger charge is -2.31. The van der Waals surface area contributed by atoms with Crippen LogP contribution >= 0.6 is 15.9 Å². The number of piperidine rings is 1. The van der Waals surface area contributed by atoms with E-state index in [1.54, 1.807) is 4.90 Å². The molecule has 2 aromatic carbocycles. The lowest BCUT2D eigenvalue weighted by molar-refractivity contribution is -0.137. The van der Waals surface area contributed by atoms with Gasteiger partial charge in [-0.15, -0.1) is 0 Å². The van der Waals surface area contributed by atoms with Crippen LogP contribution in [-0.4, -0.2) is 29.8 Å². The van der Waals surface area contributed by atoms with Crippen LogP contribution in [0.3, 0.4) is 0 Å². The van der Waals surface area contributed by atoms with E-state index < -0.39 is 11.7 Å². The Morgan fingerprint density at radius 1 is 1.07 bits per heavy atom. The third-order valence-electron chi connectivity index (χ3n) is 4.99. The molecule has 1 N–H and O–H groups in total. The molecule has 1 saturated heterocycles. The van der Waals surface area contributed by atoms with Gasteiger partial charge in [0.05, 0.1) is 11.3 Å². The highest BCUT2D eigenvalue weighted by Gasteiger charge is 2.31. The van der Waals surface area contributed by atoms with Crippen molar-refractivity contribution in [2.75, 3.05) is 18.4 Å². The Hall–Kier alpha value is -2.35. The second-order valence-electron chi connectivity index (χ2n) is 7.11. The minimum Gasteiger partial charge on any atom is -0.339 e. The van der Waals surface area contributed by atoms with Gasteiger partial charge in [0.1, 0.15) is 0 Å². The quantitative estimate of drug-likeness (QED) is 0.667. The number of likely N-dealkylation sites (tertiary alicyclic amines) is 1. The van der Waals surface area contributed by atoms with Gasteiger partial charge in [0.2, 0.25) is 5.91 Å². The highest BCUT2D eigenvalue weighted by Crippen LogP contribution is 2.30. The molecule has 2 aromatic rings. The summed E-state index contributed by atoms with van der Waals surface area (Å²) < 4.78 is 38.8. The molecule has 3 rings (SSSR count). The molecule has 1 aliphatic rings. The van der Waals surface area contributed by atoms with E-state index in [0.717, 1.165) is 22.2 Å². The minimum atomic E-state index is -4.43. The molecule has 154 valence electrons. The summed E-state index contributed by atoms with van der Waals surface area (Å²) in [7, 11) is 0. The van der Waals surface area contributed by atoms with Crippen LogP contribution in [0.1, 0.15) is 34.3 Å². The summed E-state index contributed by atoms with van der Waals surface area (Å²) in [6, 6.07) is 9.87. The van der Waals surface area contributed by atoms with Crippen LogP contribution in [0.2, 0.25) is 0 Å². The first kappa shape index (κ1) is 21.4. The van der Waals surface area contributed by atoms with Gasteiger partial charge in [-0.25, -0.2) is 0 Å². The van der Waals surface area contributed by atoms with Gasteiger partial charge in [0.25, 0.3) is 5.91 Å². The third-order valence-corrected chi connectivity index (χ3v) is 5.65. The summed E-state index contributed by atoms with van der Waals surface area (Å²) in [6.07, 6.45) is -3.43. The number of aryl methyl sites for hydroxylation is 1. The van der Waals surface area contributed by atoms with E-state index in [0.29, 0.717) is 31.6 Å². The maximum absolute atomic E-state index is 12.7. The van der Waals surface area contributed by atoms with Gasteiger partial charge in [-0.1, -0.05) is 6.07 Å². The summed E-state index contributed by atoms with van der Waals surface area (Å²) in [5, 5.41) is 2.91. The van der Waals surface area contributed by atoms with Crippen LogP contribution in [0, 0.1) is 12.8 Å². The Kier molecular flexibility index (Phi) is 6.31. The lowest BCUT2D eigenvalue weighted by Crippen LogP contribution is -2.41. The van der Waals surface area contributed by atoms with Crippen LogP contribution in [0.4, 0.5) is 18.9 Å². The Morgan fingerprint density at radius 2 is 1.69 bits per heavy atom. The number of alkyl halides is 3. The first-order chi connectivity index (χ1) is 13.6. The zero-order valence-corrected chi connectivity index (χ0v) is 17.3. The topological polar surface area (TPSA) is 49.4 Å². The van der Waals surface area contributed by atoms with Gasteiger partial charge in [-0.3, -0.25) is 9.59 Å². The van der Waals surface area contributed by atoms with Crippen LogP contribution in [-0.2, 0) is 11.0 Å². The number of amides is 2. The Balaban J connectivity index is 1.57. The molecule has 0 radical (unpaired) electrons. The van der Waals surface area contributed by atoms with Crippen molar-refractivity contribution in [3.8, 4) is 0 Å². The molecule has 1 heterocycles. The molecule has 4 nitrogen and oxygen atoms in total. The maximum Gasteiger partial charge on any atom is 0.416 e. The number of halogens is 4. The van der Waals surface area contributed by atoms with Gasteiger partial charge < -0.3 is 10.2 Å². The minimum absolute atomic E-state index is 0.101. The summed E-state index contributed by atoms with van der Waals surface area (Å²) in [5.41, 5.74) is 1.20. The number of rotatable bonds is 3. The second kappa shape index (κ2) is 8.57. The maximum atomic E-state index is 12.7. The van der Waals surface area contributed by atoms with Gasteiger partial charge in [-0.2, -0.15) is 13.2 Å². The van der Waals surface area contributed by atoms with Crippen molar-refractivity contribution in [1.82, 2.24) is 4.90 Å². The highest BCUT2D eigenvalue weighted by molar-refractivity contribution is 9.10. The van der Waals surface area contributed by atoms with Gasteiger partial charge in [0.15, 0.2) is 0 Å². The van der Waals surface area contributed by atoms with Crippen molar-refractivity contribution < 1.29 is 22.8 Å². The molecule has 0 unspecified atom stereocenters. The number of hydrogen-bond acceptors (Lipinski definition) is 2. The SMILES string of the molecule is Cc1ccc(NC(=O)C2CCN(C(=O)c3ccc(C(F)(F)F)cc3)CC2)c(Br)c1. The highest BCUT2D eigenvalue weighted by atomic mass is 79.9. The van der Waals surface area contributed by atoms with Crippen molar-refractivity contribution in [2.24, 2.45) is 5.92 Å². The first-order valence-electron chi connectivity index (χ1n) is 9.18. The fraction of sp³-hybridized carbons (Fsp3) is 0.333. The lowest BCUT2D eigenvalue weighted by atomic mass is 9.95. The van der Waals surface area contributed by atoms with Crippen LogP contribution < -0.4 is 5.32 Å². The van der Waals surface area contributed by atoms with Gasteiger partial charge in [0, 0.05) is 29.0 Å². The largest absolute Gasteiger partial charge is 0.416 e. The molecule has 2 amide bonds. The molecule has 0 aromatic heterocycles. The summed E-state index contributed by atoms with van der Waals surface area (Å²) in [5.74, 6) is -0.644. The Bertz CT molecular complexity index is 905. The average molecular weight is 469 g/mol. The molecule has 29 heavy (non-hydrogen) atoms. The van der Waals surface area contributed by atoms with E-state index in [-0.39, 0.29) is 23.3 Å². The van der Waals surface area contributed by atoms with E-state index in [9.17, 15) is 22.8 Å². The predicted molar refractivity (Wildman–Crippen MR) is 108 cm³/mol. The van der Waals surface area contributed by atoms with E-state index >= 15 is 0 Å². The first-order valence-corrected chi connectivity index (χ1v) is 9.98. The number of anilines is 1. The molecule has 8 heteroatoms. The monoisotopic (exact) mass is 468 g/mol. The zero-order valence-electron chi connectivity index (χ0n) is 15.7. The standard InChI is InChI=1S/C21H20BrF3N2O2/c1-13-2-7-18(17(22)12-13)26-19(28)14-8-10-27(11-9-14)20(29)15-3-5-16(6-4-15)21(23,24)25/h2-7,12,14H,8-11H2,1H3,(H,26,28). The smallest absolute Gasteiger partial charge is 0.339 e. The van der Waals surface area contributed by atoms with E-state index in [1.807, 2.05) is 25.1 Å². The molecule has 0 saturated carbocycles. The Labute approximate surface area is 175 Å². The molecule has 0 aliphatic carbocycles. The molecular formula is C21H20BrF3N2O2. The van der Waals surface area contributed by atoms with Gasteiger partial charge in [-0.05, 0) is 77.7 Å². The fourth-order valence-electron chi connectivity index (χ4n) is 3.29. The Morgan fingerprint density at radius 3 is 2.24 bits per heavy atom. The molecule has 0 atom stereocenters. The summed E-state index contributed by atoms with van der Waals surface area (Å²) in [4.78, 5) is 26.7. The number of hydrogen-bond donors (Lipinski definition) is 1. The van der Waals surface area contributed by atoms with E-state index in [1.165, 1.54) is 12.1 Å². The fourth-order valence-corrected chi connectivity index (χ4v) is 3.88. The third kappa shape index (κ3) is 5.18. The zero-order chi connectivity index (χ0) is 21.2. The molecular weight excluding hydrogens is 449 g/mol. The van der Waals surface area contributed by atoms with E-state index in [2.05, 4.69) is 21.2 Å². The predicted octanol–water partition coefficient (Wildman–Crippen LogP) is 5.27. The average Bonchev–Trinajstić information content (AvgIpc) is 2.69. The van der Waals surface area contributed by atoms with Crippen molar-refractivity contribution in [3.05, 3.63) is 63.6 Å². The second-order valence-corrected chi connectivity index (χ2v) is 7.97. The van der Waals surface area contributed by atoms with Crippen LogP contribution in [0.15, 0.2) is 46.9 Å². The number of nitrogens with zero attached hydrogens (tertiary/aromatic N) is 1. The number of carbonyl (C=O) groups excluding carboxylic acids is 2. The normalized spacial score (nSPS) is 15.3. The number of carbonyl (C=O) groups is 2. The molecule has 1 aliphatic heterocycles. The molecule has 0 spiro atoms. The van der Waals surface area contributed by atoms with Crippen molar-refractivity contribution >= 4 is 33.4 Å². The van der Waals surface area contributed by atoms with Crippen molar-refractivity contribution in [3.63, 3.8) is 0 Å². The van der Waals surface area contributed by atoms with Crippen LogP contribution in [0.25, 0.3) is 0 Å². The summed E-state index contributed by atoms with van der Waals surface area (Å²) >= 11 is 3.43. The van der Waals surface area contributed by atoms with Gasteiger partial charge >= 0.3 is 6.18 Å². The number of benzene rings is 2. The van der Waals surface area contributed by atoms with E-state index in [4.69, 9.17) is 0 Å². The number of nitrogens with one attached hydrogen (secondary N) is 1. The van der Waals surface area contributed by atoms with Crippen LogP contribution in [0.5, 0.6) is 0 Å². The summed E-state index contributed by atoms with van der Waals surface area (Å²) in [6.45, 7) is 2.72.